The third kappa shape index (κ3) is 3.59. The lowest BCUT2D eigenvalue weighted by molar-refractivity contribution is 0.0935. The Morgan fingerprint density at radius 3 is 2.90 bits per heavy atom. The van der Waals surface area contributed by atoms with E-state index in [0.717, 1.165) is 28.0 Å². The molecule has 3 aromatic rings. The van der Waals surface area contributed by atoms with Crippen molar-refractivity contribution in [2.24, 2.45) is 0 Å². The van der Waals surface area contributed by atoms with Crippen LogP contribution < -0.4 is 20.1 Å². The maximum atomic E-state index is 13.4. The van der Waals surface area contributed by atoms with Crippen molar-refractivity contribution in [3.63, 3.8) is 0 Å². The summed E-state index contributed by atoms with van der Waals surface area (Å²) in [4.78, 5) is 14.5. The van der Waals surface area contributed by atoms with Gasteiger partial charge < -0.3 is 20.1 Å². The molecule has 150 valence electrons. The molecular formula is C20H19ClN4O3S. The second kappa shape index (κ2) is 7.70. The van der Waals surface area contributed by atoms with E-state index >= 15 is 0 Å². The van der Waals surface area contributed by atoms with E-state index in [-0.39, 0.29) is 5.91 Å². The molecule has 1 fully saturated rings. The molecule has 1 saturated heterocycles. The molecule has 0 spiro atoms. The Morgan fingerprint density at radius 2 is 2.14 bits per heavy atom. The third-order valence-electron chi connectivity index (χ3n) is 4.99. The number of halogens is 1. The summed E-state index contributed by atoms with van der Waals surface area (Å²) in [7, 11) is 0. The summed E-state index contributed by atoms with van der Waals surface area (Å²) in [6, 6.07) is 11.1. The molecule has 7 nitrogen and oxygen atoms in total. The molecule has 0 atom stereocenters. The Morgan fingerprint density at radius 1 is 1.28 bits per heavy atom. The average molecular weight is 431 g/mol. The van der Waals surface area contributed by atoms with Crippen LogP contribution in [0.3, 0.4) is 0 Å². The topological polar surface area (TPSA) is 77.4 Å². The number of carbonyl (C=O) groups is 1. The van der Waals surface area contributed by atoms with Crippen molar-refractivity contribution < 1.29 is 14.3 Å². The summed E-state index contributed by atoms with van der Waals surface area (Å²) < 4.78 is 13.5. The summed E-state index contributed by atoms with van der Waals surface area (Å²) >= 11 is 7.54. The Balaban J connectivity index is 1.47. The molecule has 4 heterocycles. The van der Waals surface area contributed by atoms with Crippen molar-refractivity contribution in [1.29, 1.82) is 0 Å². The molecule has 29 heavy (non-hydrogen) atoms. The highest BCUT2D eigenvalue weighted by molar-refractivity contribution is 7.16. The van der Waals surface area contributed by atoms with Crippen LogP contribution in [-0.2, 0) is 6.54 Å². The van der Waals surface area contributed by atoms with Crippen molar-refractivity contribution in [2.75, 3.05) is 31.6 Å². The number of benzene rings is 1. The first-order chi connectivity index (χ1) is 14.2. The molecule has 2 N–H and O–H groups in total. The number of hydrogen-bond donors (Lipinski definition) is 2. The SMILES string of the molecule is O=C(c1cccc2c1OCCO2)n1nc(C2CNC2)cc1NCc1ccc(Cl)s1. The van der Waals surface area contributed by atoms with Gasteiger partial charge in [0.05, 0.1) is 22.1 Å². The fraction of sp³-hybridized carbons (Fsp3) is 0.300. The lowest BCUT2D eigenvalue weighted by atomic mass is 10.00. The van der Waals surface area contributed by atoms with E-state index in [9.17, 15) is 4.79 Å². The zero-order valence-electron chi connectivity index (χ0n) is 15.5. The Kier molecular flexibility index (Phi) is 4.91. The number of hydrogen-bond acceptors (Lipinski definition) is 7. The summed E-state index contributed by atoms with van der Waals surface area (Å²) in [5, 5.41) is 11.2. The van der Waals surface area contributed by atoms with Gasteiger partial charge in [-0.1, -0.05) is 17.7 Å². The van der Waals surface area contributed by atoms with Crippen LogP contribution in [0.5, 0.6) is 11.5 Å². The minimum absolute atomic E-state index is 0.252. The van der Waals surface area contributed by atoms with Crippen LogP contribution in [-0.4, -0.2) is 42.0 Å². The molecule has 1 aromatic carbocycles. The summed E-state index contributed by atoms with van der Waals surface area (Å²) in [6.07, 6.45) is 0. The summed E-state index contributed by atoms with van der Waals surface area (Å²) in [6.45, 7) is 3.18. The van der Waals surface area contributed by atoms with Gasteiger partial charge in [-0.2, -0.15) is 9.78 Å². The number of para-hydroxylation sites is 1. The molecule has 0 unspecified atom stereocenters. The molecule has 0 radical (unpaired) electrons. The van der Waals surface area contributed by atoms with Gasteiger partial charge in [-0.25, -0.2) is 0 Å². The maximum Gasteiger partial charge on any atom is 0.283 e. The number of aromatic nitrogens is 2. The molecule has 2 aliphatic rings. The number of anilines is 1. The van der Waals surface area contributed by atoms with Gasteiger partial charge in [0.15, 0.2) is 11.5 Å². The smallest absolute Gasteiger partial charge is 0.283 e. The van der Waals surface area contributed by atoms with Crippen LogP contribution in [0.4, 0.5) is 5.82 Å². The second-order valence-electron chi connectivity index (χ2n) is 6.92. The minimum atomic E-state index is -0.252. The van der Waals surface area contributed by atoms with Crippen molar-refractivity contribution in [3.8, 4) is 11.5 Å². The van der Waals surface area contributed by atoms with Crippen LogP contribution in [0.25, 0.3) is 0 Å². The lowest BCUT2D eigenvalue weighted by Gasteiger charge is -2.24. The van der Waals surface area contributed by atoms with Gasteiger partial charge in [0, 0.05) is 30.0 Å². The van der Waals surface area contributed by atoms with E-state index < -0.39 is 0 Å². The molecule has 5 rings (SSSR count). The van der Waals surface area contributed by atoms with E-state index in [1.807, 2.05) is 18.2 Å². The number of thiophene rings is 1. The van der Waals surface area contributed by atoms with E-state index in [1.165, 1.54) is 16.0 Å². The van der Waals surface area contributed by atoms with E-state index in [0.29, 0.717) is 48.6 Å². The molecule has 2 aliphatic heterocycles. The zero-order chi connectivity index (χ0) is 19.8. The first-order valence-electron chi connectivity index (χ1n) is 9.41. The lowest BCUT2D eigenvalue weighted by Crippen LogP contribution is -2.40. The molecule has 0 amide bonds. The minimum Gasteiger partial charge on any atom is -0.486 e. The number of ether oxygens (including phenoxy) is 2. The number of rotatable bonds is 5. The van der Waals surface area contributed by atoms with Gasteiger partial charge in [-0.15, -0.1) is 11.3 Å². The largest absolute Gasteiger partial charge is 0.486 e. The van der Waals surface area contributed by atoms with Crippen LogP contribution in [0.2, 0.25) is 4.34 Å². The first-order valence-corrected chi connectivity index (χ1v) is 10.6. The Hall–Kier alpha value is -2.55. The molecule has 9 heteroatoms. The van der Waals surface area contributed by atoms with Crippen LogP contribution in [0.15, 0.2) is 36.4 Å². The standard InChI is InChI=1S/C20H19ClN4O3S/c21-17-5-4-13(29-17)11-23-18-8-15(12-9-22-10-12)24-25(18)20(26)14-2-1-3-16-19(14)28-7-6-27-16/h1-5,8,12,22-23H,6-7,9-11H2. The van der Waals surface area contributed by atoms with Crippen molar-refractivity contribution in [2.45, 2.75) is 12.5 Å². The van der Waals surface area contributed by atoms with Crippen LogP contribution in [0, 0.1) is 0 Å². The molecule has 0 bridgehead atoms. The Bertz CT molecular complexity index is 1060. The second-order valence-corrected chi connectivity index (χ2v) is 8.72. The highest BCUT2D eigenvalue weighted by Crippen LogP contribution is 2.35. The average Bonchev–Trinajstić information content (AvgIpc) is 3.30. The number of fused-ring (bicyclic) bond motifs is 1. The summed E-state index contributed by atoms with van der Waals surface area (Å²) in [5.74, 6) is 1.76. The van der Waals surface area contributed by atoms with Gasteiger partial charge in [-0.05, 0) is 24.3 Å². The quantitative estimate of drug-likeness (QED) is 0.646. The molecule has 2 aromatic heterocycles. The molecule has 0 saturated carbocycles. The highest BCUT2D eigenvalue weighted by Gasteiger charge is 2.27. The van der Waals surface area contributed by atoms with Gasteiger partial charge >= 0.3 is 0 Å². The number of nitrogens with one attached hydrogen (secondary N) is 2. The third-order valence-corrected chi connectivity index (χ3v) is 6.22. The van der Waals surface area contributed by atoms with E-state index in [2.05, 4.69) is 15.7 Å². The monoisotopic (exact) mass is 430 g/mol. The molecule has 0 aliphatic carbocycles. The van der Waals surface area contributed by atoms with Gasteiger partial charge in [0.2, 0.25) is 0 Å². The van der Waals surface area contributed by atoms with Gasteiger partial charge in [0.1, 0.15) is 19.0 Å². The van der Waals surface area contributed by atoms with Crippen molar-refractivity contribution >= 4 is 34.7 Å². The van der Waals surface area contributed by atoms with Gasteiger partial charge in [-0.3, -0.25) is 4.79 Å². The maximum absolute atomic E-state index is 13.4. The predicted molar refractivity (Wildman–Crippen MR) is 112 cm³/mol. The Labute approximate surface area is 176 Å². The number of carbonyl (C=O) groups excluding carboxylic acids is 1. The predicted octanol–water partition coefficient (Wildman–Crippen LogP) is 3.36. The fourth-order valence-electron chi connectivity index (χ4n) is 3.36. The zero-order valence-corrected chi connectivity index (χ0v) is 17.1. The van der Waals surface area contributed by atoms with Gasteiger partial charge in [0.25, 0.3) is 5.91 Å². The van der Waals surface area contributed by atoms with Crippen molar-refractivity contribution in [1.82, 2.24) is 15.1 Å². The normalized spacial score (nSPS) is 15.8. The van der Waals surface area contributed by atoms with Crippen LogP contribution in [0.1, 0.15) is 26.8 Å². The van der Waals surface area contributed by atoms with Crippen molar-refractivity contribution in [3.05, 3.63) is 56.9 Å². The first kappa shape index (κ1) is 18.5. The highest BCUT2D eigenvalue weighted by atomic mass is 35.5. The number of nitrogens with zero attached hydrogens (tertiary/aromatic N) is 2. The van der Waals surface area contributed by atoms with Crippen LogP contribution >= 0.6 is 22.9 Å². The molecular weight excluding hydrogens is 412 g/mol. The fourth-order valence-corrected chi connectivity index (χ4v) is 4.39. The van der Waals surface area contributed by atoms with E-state index in [1.54, 1.807) is 18.2 Å². The summed E-state index contributed by atoms with van der Waals surface area (Å²) in [5.41, 5.74) is 1.33. The van der Waals surface area contributed by atoms with E-state index in [4.69, 9.17) is 21.1 Å².